The molecule has 0 aliphatic carbocycles. The molecule has 140 valence electrons. The standard InChI is InChI=1S/C7H10N2S3.C7H10N2S2.CH4S/c1-3(2)4-5(10)8-7(12)9-6(4)11;1-4(2)5-6(10)8-3-9-7(5)11;1-2/h3H,1-2H3,(H3,8,9,10,11,12);3-4H,1-2H3,(H2,8,9,10,11);2H,1H3. The van der Waals surface area contributed by atoms with Gasteiger partial charge in [-0.1, -0.05) is 52.1 Å². The fraction of sp³-hybridized carbons (Fsp3) is 0.467. The highest BCUT2D eigenvalue weighted by Gasteiger charge is 2.06. The van der Waals surface area contributed by atoms with Gasteiger partial charge in [0.1, 0.15) is 14.3 Å². The molecule has 2 heterocycles. The van der Waals surface area contributed by atoms with Crippen LogP contribution in [0.1, 0.15) is 50.7 Å². The van der Waals surface area contributed by atoms with Gasteiger partial charge in [0.05, 0.1) is 11.4 Å². The largest absolute Gasteiger partial charge is 0.337 e. The summed E-state index contributed by atoms with van der Waals surface area (Å²) < 4.78 is 1.94. The van der Waals surface area contributed by atoms with Crippen LogP contribution in [0.5, 0.6) is 0 Å². The van der Waals surface area contributed by atoms with Gasteiger partial charge in [-0.3, -0.25) is 0 Å². The molecular weight excluding hydrogens is 429 g/mol. The maximum atomic E-state index is 5.11. The van der Waals surface area contributed by atoms with Gasteiger partial charge >= 0.3 is 0 Å². The number of aromatic nitrogens is 4. The van der Waals surface area contributed by atoms with Crippen LogP contribution < -0.4 is 0 Å². The summed E-state index contributed by atoms with van der Waals surface area (Å²) in [5.74, 6) is 0.730. The fourth-order valence-electron chi connectivity index (χ4n) is 1.94. The molecule has 4 nitrogen and oxygen atoms in total. The van der Waals surface area contributed by atoms with Gasteiger partial charge in [-0.05, 0) is 30.3 Å². The van der Waals surface area contributed by atoms with Crippen molar-refractivity contribution in [1.82, 2.24) is 19.9 Å². The van der Waals surface area contributed by atoms with Crippen molar-refractivity contribution >= 4 is 74.5 Å². The van der Waals surface area contributed by atoms with Gasteiger partial charge in [-0.25, -0.2) is 4.98 Å². The Kier molecular flexibility index (Phi) is 12.2. The lowest BCUT2D eigenvalue weighted by Crippen LogP contribution is -1.96. The minimum atomic E-state index is 0.355. The smallest absolute Gasteiger partial charge is 0.176 e. The minimum absolute atomic E-state index is 0.355. The predicted molar refractivity (Wildman–Crippen MR) is 124 cm³/mol. The molecule has 0 aliphatic heterocycles. The molecule has 2 aromatic rings. The number of H-pyrrole nitrogens is 3. The van der Waals surface area contributed by atoms with E-state index in [0.717, 1.165) is 25.8 Å². The van der Waals surface area contributed by atoms with Gasteiger partial charge in [0.2, 0.25) is 0 Å². The van der Waals surface area contributed by atoms with E-state index in [1.807, 2.05) is 0 Å². The van der Waals surface area contributed by atoms with E-state index in [1.54, 1.807) is 12.6 Å². The molecule has 3 N–H and O–H groups in total. The molecule has 0 bridgehead atoms. The molecule has 2 aromatic heterocycles. The maximum absolute atomic E-state index is 5.11. The number of nitrogens with one attached hydrogen (secondary N) is 3. The van der Waals surface area contributed by atoms with E-state index >= 15 is 0 Å². The third kappa shape index (κ3) is 7.96. The van der Waals surface area contributed by atoms with E-state index in [4.69, 9.17) is 36.7 Å². The molecule has 0 fully saturated rings. The first-order valence-electron chi connectivity index (χ1n) is 7.41. The fourth-order valence-corrected chi connectivity index (χ4v) is 4.17. The van der Waals surface area contributed by atoms with Gasteiger partial charge in [-0.15, -0.1) is 25.3 Å². The molecule has 25 heavy (non-hydrogen) atoms. The second-order valence-electron chi connectivity index (χ2n) is 5.45. The summed E-state index contributed by atoms with van der Waals surface area (Å²) in [7, 11) is 0. The minimum Gasteiger partial charge on any atom is -0.337 e. The molecule has 0 saturated heterocycles. The second kappa shape index (κ2) is 12.3. The monoisotopic (exact) mass is 452 g/mol. The van der Waals surface area contributed by atoms with Crippen molar-refractivity contribution < 1.29 is 0 Å². The van der Waals surface area contributed by atoms with Crippen LogP contribution in [0.4, 0.5) is 0 Å². The quantitative estimate of drug-likeness (QED) is 0.184. The van der Waals surface area contributed by atoms with Crippen molar-refractivity contribution in [3.05, 3.63) is 31.5 Å². The summed E-state index contributed by atoms with van der Waals surface area (Å²) in [6, 6.07) is 0. The molecule has 0 unspecified atom stereocenters. The predicted octanol–water partition coefficient (Wildman–Crippen LogP) is 6.31. The molecule has 10 heteroatoms. The Bertz CT molecular complexity index is 835. The summed E-state index contributed by atoms with van der Waals surface area (Å²) in [6.07, 6.45) is 3.26. The van der Waals surface area contributed by atoms with Gasteiger partial charge < -0.3 is 15.0 Å². The number of hydrogen-bond acceptors (Lipinski definition) is 7. The number of nitrogens with zero attached hydrogens (tertiary/aromatic N) is 1. The first kappa shape index (κ1) is 24.9. The summed E-state index contributed by atoms with van der Waals surface area (Å²) in [5.41, 5.74) is 2.03. The van der Waals surface area contributed by atoms with Crippen molar-refractivity contribution in [3.63, 3.8) is 0 Å². The van der Waals surface area contributed by atoms with Crippen LogP contribution in [0, 0.1) is 14.1 Å². The Hall–Kier alpha value is -0.130. The van der Waals surface area contributed by atoms with Crippen LogP contribution in [0.3, 0.4) is 0 Å². The Morgan fingerprint density at radius 2 is 1.40 bits per heavy atom. The lowest BCUT2D eigenvalue weighted by molar-refractivity contribution is 0.793. The van der Waals surface area contributed by atoms with E-state index < -0.39 is 0 Å². The highest BCUT2D eigenvalue weighted by Crippen LogP contribution is 2.21. The highest BCUT2D eigenvalue weighted by atomic mass is 32.1. The Morgan fingerprint density at radius 1 is 0.880 bits per heavy atom. The van der Waals surface area contributed by atoms with Crippen molar-refractivity contribution in [2.45, 2.75) is 49.6 Å². The van der Waals surface area contributed by atoms with Crippen molar-refractivity contribution in [3.8, 4) is 0 Å². The molecule has 0 saturated carbocycles. The van der Waals surface area contributed by atoms with Gasteiger partial charge in [0, 0.05) is 11.1 Å². The number of rotatable bonds is 2. The molecule has 0 amide bonds. The molecule has 0 spiro atoms. The SMILES string of the molecule is CC(C)c1c(S)[nH]c(=S)[nH]c1=S.CC(C)c1c(S)nc[nH]c1=S.CS. The summed E-state index contributed by atoms with van der Waals surface area (Å²) in [5, 5.41) is 1.49. The summed E-state index contributed by atoms with van der Waals surface area (Å²) in [4.78, 5) is 12.7. The second-order valence-corrected chi connectivity index (χ2v) is 7.54. The molecule has 0 aromatic carbocycles. The molecular formula is C15H24N4S6. The van der Waals surface area contributed by atoms with Crippen molar-refractivity contribution in [2.75, 3.05) is 6.26 Å². The first-order chi connectivity index (χ1) is 11.6. The van der Waals surface area contributed by atoms with Crippen LogP contribution in [-0.2, 0) is 0 Å². The van der Waals surface area contributed by atoms with E-state index in [-0.39, 0.29) is 0 Å². The number of hydrogen-bond donors (Lipinski definition) is 6. The zero-order valence-corrected chi connectivity index (χ0v) is 19.9. The van der Waals surface area contributed by atoms with Gasteiger partial charge in [0.15, 0.2) is 4.77 Å². The van der Waals surface area contributed by atoms with E-state index in [9.17, 15) is 0 Å². The number of aromatic amines is 3. The van der Waals surface area contributed by atoms with Crippen LogP contribution in [-0.4, -0.2) is 26.2 Å². The van der Waals surface area contributed by atoms with E-state index in [0.29, 0.717) is 21.2 Å². The molecule has 0 aliphatic rings. The Labute approximate surface area is 180 Å². The molecule has 0 atom stereocenters. The van der Waals surface area contributed by atoms with Crippen molar-refractivity contribution in [1.29, 1.82) is 0 Å². The third-order valence-electron chi connectivity index (χ3n) is 2.98. The maximum Gasteiger partial charge on any atom is 0.176 e. The first-order valence-corrected chi connectivity index (χ1v) is 10.4. The molecule has 2 rings (SSSR count). The Balaban J connectivity index is 0.000000421. The summed E-state index contributed by atoms with van der Waals surface area (Å²) >= 11 is 27.1. The zero-order chi connectivity index (χ0) is 19.7. The van der Waals surface area contributed by atoms with Crippen LogP contribution >= 0.6 is 74.5 Å². The normalized spacial score (nSPS) is 10.0. The van der Waals surface area contributed by atoms with E-state index in [2.05, 4.69) is 85.5 Å². The van der Waals surface area contributed by atoms with E-state index in [1.165, 1.54) is 0 Å². The third-order valence-corrected chi connectivity index (χ3v) is 4.55. The zero-order valence-electron chi connectivity index (χ0n) is 14.7. The summed E-state index contributed by atoms with van der Waals surface area (Å²) in [6.45, 7) is 8.27. The topological polar surface area (TPSA) is 60.3 Å². The molecule has 0 radical (unpaired) electrons. The van der Waals surface area contributed by atoms with Gasteiger partial charge in [-0.2, -0.15) is 12.6 Å². The highest BCUT2D eigenvalue weighted by molar-refractivity contribution is 7.80. The average Bonchev–Trinajstić information content (AvgIpc) is 2.47. The average molecular weight is 453 g/mol. The van der Waals surface area contributed by atoms with Crippen molar-refractivity contribution in [2.24, 2.45) is 0 Å². The Morgan fingerprint density at radius 3 is 1.76 bits per heavy atom. The lowest BCUT2D eigenvalue weighted by Gasteiger charge is -2.07. The number of thiol groups is 3. The van der Waals surface area contributed by atoms with Crippen LogP contribution in [0.25, 0.3) is 0 Å². The lowest BCUT2D eigenvalue weighted by atomic mass is 10.1. The van der Waals surface area contributed by atoms with Crippen LogP contribution in [0.2, 0.25) is 0 Å². The van der Waals surface area contributed by atoms with Crippen LogP contribution in [0.15, 0.2) is 16.4 Å². The van der Waals surface area contributed by atoms with Gasteiger partial charge in [0.25, 0.3) is 0 Å².